The van der Waals surface area contributed by atoms with E-state index >= 15 is 0 Å². The summed E-state index contributed by atoms with van der Waals surface area (Å²) in [6, 6.07) is 9.98. The molecule has 0 bridgehead atoms. The lowest BCUT2D eigenvalue weighted by atomic mass is 9.96. The molecule has 0 aliphatic carbocycles. The highest BCUT2D eigenvalue weighted by Crippen LogP contribution is 2.22. The van der Waals surface area contributed by atoms with E-state index < -0.39 is 0 Å². The first kappa shape index (κ1) is 17.7. The average Bonchev–Trinajstić information content (AvgIpc) is 3.02. The first-order chi connectivity index (χ1) is 12.1. The standard InChI is InChI=1S/C20H27N5/c1-15(22-13-18-8-10-24(3)11-9-18)20-14-23-25(16(20)2)19-6-4-17(12-21)5-7-19/h4-7,14-15,18,22H,8-11,13H2,1-3H3/t15-/m0/s1. The monoisotopic (exact) mass is 337 g/mol. The van der Waals surface area contributed by atoms with Crippen LogP contribution in [-0.4, -0.2) is 41.4 Å². The first-order valence-electron chi connectivity index (χ1n) is 9.05. The number of aromatic nitrogens is 2. The summed E-state index contributed by atoms with van der Waals surface area (Å²) in [5.74, 6) is 0.771. The molecule has 25 heavy (non-hydrogen) atoms. The van der Waals surface area contributed by atoms with Gasteiger partial charge in [0.2, 0.25) is 0 Å². The molecule has 1 aliphatic heterocycles. The van der Waals surface area contributed by atoms with Gasteiger partial charge in [-0.1, -0.05) is 0 Å². The number of nitrogens with zero attached hydrogens (tertiary/aromatic N) is 4. The molecule has 2 aromatic rings. The van der Waals surface area contributed by atoms with Crippen molar-refractivity contribution >= 4 is 0 Å². The summed E-state index contributed by atoms with van der Waals surface area (Å²) in [4.78, 5) is 2.41. The summed E-state index contributed by atoms with van der Waals surface area (Å²) >= 11 is 0. The molecule has 1 N–H and O–H groups in total. The van der Waals surface area contributed by atoms with Gasteiger partial charge in [-0.15, -0.1) is 0 Å². The topological polar surface area (TPSA) is 56.9 Å². The number of hydrogen-bond acceptors (Lipinski definition) is 4. The van der Waals surface area contributed by atoms with Crippen LogP contribution in [0.15, 0.2) is 30.5 Å². The minimum Gasteiger partial charge on any atom is -0.310 e. The minimum absolute atomic E-state index is 0.284. The zero-order chi connectivity index (χ0) is 17.8. The molecule has 0 unspecified atom stereocenters. The van der Waals surface area contributed by atoms with E-state index in [2.05, 4.69) is 42.3 Å². The highest BCUT2D eigenvalue weighted by Gasteiger charge is 2.19. The summed E-state index contributed by atoms with van der Waals surface area (Å²) in [6.45, 7) is 7.79. The molecule has 1 aromatic carbocycles. The van der Waals surface area contributed by atoms with Gasteiger partial charge in [0.05, 0.1) is 23.5 Å². The summed E-state index contributed by atoms with van der Waals surface area (Å²) in [6.07, 6.45) is 4.51. The van der Waals surface area contributed by atoms with E-state index in [4.69, 9.17) is 5.26 Å². The maximum Gasteiger partial charge on any atom is 0.0991 e. The quantitative estimate of drug-likeness (QED) is 0.911. The fourth-order valence-electron chi connectivity index (χ4n) is 3.50. The van der Waals surface area contributed by atoms with Crippen LogP contribution in [0.2, 0.25) is 0 Å². The van der Waals surface area contributed by atoms with Crippen molar-refractivity contribution in [1.82, 2.24) is 20.0 Å². The van der Waals surface area contributed by atoms with Crippen LogP contribution in [0, 0.1) is 24.2 Å². The number of nitrogens with one attached hydrogen (secondary N) is 1. The van der Waals surface area contributed by atoms with E-state index in [-0.39, 0.29) is 6.04 Å². The Morgan fingerprint density at radius 3 is 2.60 bits per heavy atom. The molecule has 0 spiro atoms. The van der Waals surface area contributed by atoms with Gasteiger partial charge in [0.1, 0.15) is 0 Å². The second-order valence-electron chi connectivity index (χ2n) is 7.13. The Hall–Kier alpha value is -2.16. The summed E-state index contributed by atoms with van der Waals surface area (Å²) in [5, 5.41) is 17.2. The molecule has 0 radical (unpaired) electrons. The lowest BCUT2D eigenvalue weighted by molar-refractivity contribution is 0.213. The Kier molecular flexibility index (Phi) is 5.52. The predicted octanol–water partition coefficient (Wildman–Crippen LogP) is 3.04. The molecular weight excluding hydrogens is 310 g/mol. The third-order valence-electron chi connectivity index (χ3n) is 5.31. The van der Waals surface area contributed by atoms with Crippen molar-refractivity contribution in [2.24, 2.45) is 5.92 Å². The van der Waals surface area contributed by atoms with Crippen molar-refractivity contribution in [3.63, 3.8) is 0 Å². The van der Waals surface area contributed by atoms with E-state index in [1.165, 1.54) is 31.5 Å². The molecule has 5 nitrogen and oxygen atoms in total. The Balaban J connectivity index is 1.64. The van der Waals surface area contributed by atoms with E-state index in [9.17, 15) is 0 Å². The Bertz CT molecular complexity index is 732. The van der Waals surface area contributed by atoms with Gasteiger partial charge in [-0.05, 0) is 83.6 Å². The smallest absolute Gasteiger partial charge is 0.0991 e. The normalized spacial score (nSPS) is 17.4. The van der Waals surface area contributed by atoms with E-state index in [1.54, 1.807) is 0 Å². The van der Waals surface area contributed by atoms with Crippen molar-refractivity contribution in [2.75, 3.05) is 26.7 Å². The third kappa shape index (κ3) is 4.09. The Labute approximate surface area is 150 Å². The molecule has 3 rings (SSSR count). The largest absolute Gasteiger partial charge is 0.310 e. The van der Waals surface area contributed by atoms with Gasteiger partial charge < -0.3 is 10.2 Å². The van der Waals surface area contributed by atoms with E-state index in [0.29, 0.717) is 5.56 Å². The van der Waals surface area contributed by atoms with Crippen molar-refractivity contribution in [3.8, 4) is 11.8 Å². The van der Waals surface area contributed by atoms with Crippen LogP contribution in [-0.2, 0) is 0 Å². The lowest BCUT2D eigenvalue weighted by Crippen LogP contribution is -2.35. The number of likely N-dealkylation sites (tertiary alicyclic amines) is 1. The van der Waals surface area contributed by atoms with Gasteiger partial charge in [0.25, 0.3) is 0 Å². The SMILES string of the molecule is Cc1c([C@H](C)NCC2CCN(C)CC2)cnn1-c1ccc(C#N)cc1. The van der Waals surface area contributed by atoms with Crippen molar-refractivity contribution < 1.29 is 0 Å². The third-order valence-corrected chi connectivity index (χ3v) is 5.31. The summed E-state index contributed by atoms with van der Waals surface area (Å²) < 4.78 is 1.95. The molecule has 1 saturated heterocycles. The second kappa shape index (κ2) is 7.81. The van der Waals surface area contributed by atoms with Crippen LogP contribution in [0.1, 0.15) is 42.6 Å². The summed E-state index contributed by atoms with van der Waals surface area (Å²) in [5.41, 5.74) is 4.04. The number of rotatable bonds is 5. The molecule has 0 saturated carbocycles. The molecular formula is C20H27N5. The van der Waals surface area contributed by atoms with Crippen LogP contribution < -0.4 is 5.32 Å². The molecule has 2 heterocycles. The molecule has 1 fully saturated rings. The highest BCUT2D eigenvalue weighted by atomic mass is 15.3. The zero-order valence-corrected chi connectivity index (χ0v) is 15.4. The van der Waals surface area contributed by atoms with Crippen LogP contribution in [0.5, 0.6) is 0 Å². The number of benzene rings is 1. The fourth-order valence-corrected chi connectivity index (χ4v) is 3.50. The van der Waals surface area contributed by atoms with Crippen LogP contribution in [0.25, 0.3) is 5.69 Å². The summed E-state index contributed by atoms with van der Waals surface area (Å²) in [7, 11) is 2.20. The van der Waals surface area contributed by atoms with Gasteiger partial charge in [-0.2, -0.15) is 10.4 Å². The van der Waals surface area contributed by atoms with E-state index in [0.717, 1.165) is 23.8 Å². The molecule has 5 heteroatoms. The molecule has 1 aliphatic rings. The molecule has 0 amide bonds. The zero-order valence-electron chi connectivity index (χ0n) is 15.4. The van der Waals surface area contributed by atoms with Gasteiger partial charge in [-0.3, -0.25) is 0 Å². The van der Waals surface area contributed by atoms with Crippen LogP contribution in [0.4, 0.5) is 0 Å². The molecule has 1 atom stereocenters. The van der Waals surface area contributed by atoms with Crippen molar-refractivity contribution in [2.45, 2.75) is 32.7 Å². The maximum absolute atomic E-state index is 8.93. The number of nitriles is 1. The maximum atomic E-state index is 8.93. The molecule has 1 aromatic heterocycles. The van der Waals surface area contributed by atoms with Gasteiger partial charge >= 0.3 is 0 Å². The molecule has 132 valence electrons. The van der Waals surface area contributed by atoms with Crippen molar-refractivity contribution in [1.29, 1.82) is 5.26 Å². The number of hydrogen-bond donors (Lipinski definition) is 1. The minimum atomic E-state index is 0.284. The van der Waals surface area contributed by atoms with Gasteiger partial charge in [0, 0.05) is 17.3 Å². The second-order valence-corrected chi connectivity index (χ2v) is 7.13. The van der Waals surface area contributed by atoms with E-state index in [1.807, 2.05) is 35.1 Å². The van der Waals surface area contributed by atoms with Crippen LogP contribution in [0.3, 0.4) is 0 Å². The Morgan fingerprint density at radius 1 is 1.28 bits per heavy atom. The van der Waals surface area contributed by atoms with Gasteiger partial charge in [-0.25, -0.2) is 4.68 Å². The van der Waals surface area contributed by atoms with Gasteiger partial charge in [0.15, 0.2) is 0 Å². The number of piperidine rings is 1. The van der Waals surface area contributed by atoms with Crippen molar-refractivity contribution in [3.05, 3.63) is 47.3 Å². The van der Waals surface area contributed by atoms with Crippen LogP contribution >= 0.6 is 0 Å². The average molecular weight is 337 g/mol. The lowest BCUT2D eigenvalue weighted by Gasteiger charge is -2.30. The predicted molar refractivity (Wildman–Crippen MR) is 99.7 cm³/mol. The highest BCUT2D eigenvalue weighted by molar-refractivity contribution is 5.40. The fraction of sp³-hybridized carbons (Fsp3) is 0.500. The first-order valence-corrected chi connectivity index (χ1v) is 9.05. The Morgan fingerprint density at radius 2 is 1.96 bits per heavy atom.